The van der Waals surface area contributed by atoms with Crippen molar-refractivity contribution < 1.29 is 5.11 Å². The van der Waals surface area contributed by atoms with Crippen LogP contribution >= 0.6 is 23.1 Å². The van der Waals surface area contributed by atoms with Crippen LogP contribution in [-0.2, 0) is 0 Å². The Morgan fingerprint density at radius 2 is 1.68 bits per heavy atom. The maximum Gasteiger partial charge on any atom is 0.156 e. The second-order valence-electron chi connectivity index (χ2n) is 7.13. The molecule has 0 atom stereocenters. The fraction of sp³-hybridized carbons (Fsp3) is 0.227. The molecule has 1 aliphatic rings. The number of fused-ring (bicyclic) bond motifs is 2. The highest BCUT2D eigenvalue weighted by Crippen LogP contribution is 2.45. The Morgan fingerprint density at radius 1 is 0.964 bits per heavy atom. The molecular weight excluding hydrogens is 386 g/mol. The molecule has 142 valence electrons. The zero-order valence-corrected chi connectivity index (χ0v) is 17.3. The van der Waals surface area contributed by atoms with Gasteiger partial charge in [-0.15, -0.1) is 11.3 Å². The summed E-state index contributed by atoms with van der Waals surface area (Å²) in [4.78, 5) is 10.3. The van der Waals surface area contributed by atoms with Gasteiger partial charge in [-0.3, -0.25) is 0 Å². The molecule has 0 spiro atoms. The van der Waals surface area contributed by atoms with Crippen LogP contribution in [0.5, 0.6) is 5.75 Å². The summed E-state index contributed by atoms with van der Waals surface area (Å²) in [5, 5.41) is 13.2. The molecule has 2 heterocycles. The molecule has 6 heteroatoms. The van der Waals surface area contributed by atoms with Crippen LogP contribution in [0, 0.1) is 0 Å². The van der Waals surface area contributed by atoms with Gasteiger partial charge >= 0.3 is 0 Å². The van der Waals surface area contributed by atoms with Gasteiger partial charge in [0.05, 0.1) is 15.1 Å². The molecular formula is C22H21N3OS2. The van der Waals surface area contributed by atoms with E-state index < -0.39 is 0 Å². The highest BCUT2D eigenvalue weighted by atomic mass is 32.2. The SMILES string of the molecule is CN1CCN(c2cc(O)c(Sc3nc4ccccc4s3)c3ccccc23)CC1. The quantitative estimate of drug-likeness (QED) is 0.514. The maximum absolute atomic E-state index is 10.9. The van der Waals surface area contributed by atoms with Crippen molar-refractivity contribution in [1.82, 2.24) is 9.88 Å². The van der Waals surface area contributed by atoms with Crippen LogP contribution in [-0.4, -0.2) is 48.2 Å². The average molecular weight is 408 g/mol. The Labute approximate surface area is 172 Å². The topological polar surface area (TPSA) is 39.6 Å². The molecule has 1 fully saturated rings. The van der Waals surface area contributed by atoms with Crippen molar-refractivity contribution in [2.45, 2.75) is 9.24 Å². The maximum atomic E-state index is 10.9. The first kappa shape index (κ1) is 17.8. The summed E-state index contributed by atoms with van der Waals surface area (Å²) in [7, 11) is 2.16. The third-order valence-electron chi connectivity index (χ3n) is 5.26. The number of para-hydroxylation sites is 1. The monoisotopic (exact) mass is 407 g/mol. The van der Waals surface area contributed by atoms with Crippen molar-refractivity contribution in [2.24, 2.45) is 0 Å². The zero-order chi connectivity index (χ0) is 19.1. The van der Waals surface area contributed by atoms with Crippen LogP contribution in [0.15, 0.2) is 63.8 Å². The van der Waals surface area contributed by atoms with Gasteiger partial charge in [0.1, 0.15) is 5.75 Å². The van der Waals surface area contributed by atoms with Gasteiger partial charge in [-0.05, 0) is 19.2 Å². The molecule has 28 heavy (non-hydrogen) atoms. The Hall–Kier alpha value is -2.28. The molecule has 4 nitrogen and oxygen atoms in total. The number of phenolic OH excluding ortho intramolecular Hbond substituents is 1. The largest absolute Gasteiger partial charge is 0.507 e. The van der Waals surface area contributed by atoms with Gasteiger partial charge in [0.15, 0.2) is 4.34 Å². The molecule has 5 rings (SSSR count). The van der Waals surface area contributed by atoms with E-state index in [2.05, 4.69) is 41.1 Å². The molecule has 0 aliphatic carbocycles. The van der Waals surface area contributed by atoms with E-state index in [9.17, 15) is 5.11 Å². The van der Waals surface area contributed by atoms with Gasteiger partial charge in [-0.25, -0.2) is 4.98 Å². The molecule has 3 aromatic carbocycles. The van der Waals surface area contributed by atoms with Gasteiger partial charge in [0, 0.05) is 48.7 Å². The summed E-state index contributed by atoms with van der Waals surface area (Å²) in [6.45, 7) is 4.03. The number of benzene rings is 3. The third kappa shape index (κ3) is 3.21. The zero-order valence-electron chi connectivity index (χ0n) is 15.6. The number of likely N-dealkylation sites (N-methyl/N-ethyl adjacent to an activating group) is 1. The Balaban J connectivity index is 1.58. The summed E-state index contributed by atoms with van der Waals surface area (Å²) < 4.78 is 2.12. The molecule has 0 amide bonds. The van der Waals surface area contributed by atoms with E-state index in [1.807, 2.05) is 30.3 Å². The van der Waals surface area contributed by atoms with Gasteiger partial charge in [-0.2, -0.15) is 0 Å². The lowest BCUT2D eigenvalue weighted by Gasteiger charge is -2.35. The van der Waals surface area contributed by atoms with Crippen LogP contribution in [0.1, 0.15) is 0 Å². The number of hydrogen-bond donors (Lipinski definition) is 1. The molecule has 1 aromatic heterocycles. The minimum atomic E-state index is 0.330. The number of nitrogens with zero attached hydrogens (tertiary/aromatic N) is 3. The molecule has 0 unspecified atom stereocenters. The smallest absolute Gasteiger partial charge is 0.156 e. The standard InChI is InChI=1S/C22H21N3OS2/c1-24-10-12-25(13-11-24)18-14-19(26)21(16-7-3-2-6-15(16)18)28-22-23-17-8-4-5-9-20(17)27-22/h2-9,14,26H,10-13H2,1H3. The van der Waals surface area contributed by atoms with Crippen LogP contribution in [0.3, 0.4) is 0 Å². The van der Waals surface area contributed by atoms with Gasteiger partial charge in [-0.1, -0.05) is 48.2 Å². The minimum absolute atomic E-state index is 0.330. The van der Waals surface area contributed by atoms with Crippen LogP contribution in [0.4, 0.5) is 5.69 Å². The highest BCUT2D eigenvalue weighted by molar-refractivity contribution is 8.01. The molecule has 1 aliphatic heterocycles. The second kappa shape index (κ2) is 7.28. The lowest BCUT2D eigenvalue weighted by Crippen LogP contribution is -2.44. The predicted molar refractivity (Wildman–Crippen MR) is 119 cm³/mol. The molecule has 1 saturated heterocycles. The molecule has 0 radical (unpaired) electrons. The van der Waals surface area contributed by atoms with Crippen LogP contribution in [0.25, 0.3) is 21.0 Å². The number of thiazole rings is 1. The molecule has 4 aromatic rings. The molecule has 0 bridgehead atoms. The molecule has 1 N–H and O–H groups in total. The van der Waals surface area contributed by atoms with Crippen molar-refractivity contribution in [3.8, 4) is 5.75 Å². The van der Waals surface area contributed by atoms with E-state index in [1.54, 1.807) is 23.1 Å². The van der Waals surface area contributed by atoms with Gasteiger partial charge in [0.25, 0.3) is 0 Å². The van der Waals surface area contributed by atoms with Gasteiger partial charge in [0.2, 0.25) is 0 Å². The number of aromatic nitrogens is 1. The normalized spacial score (nSPS) is 15.5. The number of hydrogen-bond acceptors (Lipinski definition) is 6. The lowest BCUT2D eigenvalue weighted by atomic mass is 10.1. The fourth-order valence-electron chi connectivity index (χ4n) is 3.71. The predicted octanol–water partition coefficient (Wildman–Crippen LogP) is 5.06. The van der Waals surface area contributed by atoms with Crippen molar-refractivity contribution in [3.63, 3.8) is 0 Å². The van der Waals surface area contributed by atoms with E-state index in [0.29, 0.717) is 5.75 Å². The lowest BCUT2D eigenvalue weighted by molar-refractivity contribution is 0.313. The summed E-state index contributed by atoms with van der Waals surface area (Å²) in [6, 6.07) is 18.5. The summed E-state index contributed by atoms with van der Waals surface area (Å²) in [5.41, 5.74) is 2.13. The second-order valence-corrected chi connectivity index (χ2v) is 9.42. The first-order valence-corrected chi connectivity index (χ1v) is 11.0. The average Bonchev–Trinajstić information content (AvgIpc) is 3.13. The van der Waals surface area contributed by atoms with Crippen molar-refractivity contribution in [3.05, 3.63) is 54.6 Å². The number of anilines is 1. The summed E-state index contributed by atoms with van der Waals surface area (Å²) in [5.74, 6) is 0.330. The Kier molecular flexibility index (Phi) is 4.62. The van der Waals surface area contributed by atoms with Crippen molar-refractivity contribution >= 4 is 49.8 Å². The molecule has 0 saturated carbocycles. The third-order valence-corrected chi connectivity index (χ3v) is 7.49. The van der Waals surface area contributed by atoms with E-state index >= 15 is 0 Å². The minimum Gasteiger partial charge on any atom is -0.507 e. The van der Waals surface area contributed by atoms with Crippen molar-refractivity contribution in [2.75, 3.05) is 38.1 Å². The van der Waals surface area contributed by atoms with Crippen LogP contribution < -0.4 is 4.90 Å². The number of phenols is 1. The van der Waals surface area contributed by atoms with Crippen LogP contribution in [0.2, 0.25) is 0 Å². The first-order valence-electron chi connectivity index (χ1n) is 9.41. The van der Waals surface area contributed by atoms with E-state index in [4.69, 9.17) is 4.98 Å². The van der Waals surface area contributed by atoms with E-state index in [1.165, 1.54) is 10.1 Å². The van der Waals surface area contributed by atoms with E-state index in [-0.39, 0.29) is 0 Å². The number of aromatic hydroxyl groups is 1. The summed E-state index contributed by atoms with van der Waals surface area (Å²) >= 11 is 3.22. The Morgan fingerprint density at radius 3 is 2.46 bits per heavy atom. The number of piperazine rings is 1. The van der Waals surface area contributed by atoms with E-state index in [0.717, 1.165) is 52.0 Å². The van der Waals surface area contributed by atoms with Gasteiger partial charge < -0.3 is 14.9 Å². The first-order chi connectivity index (χ1) is 13.7. The number of rotatable bonds is 3. The summed E-state index contributed by atoms with van der Waals surface area (Å²) in [6.07, 6.45) is 0. The fourth-order valence-corrected chi connectivity index (χ4v) is 5.87. The Bertz CT molecular complexity index is 1120. The van der Waals surface area contributed by atoms with Crippen molar-refractivity contribution in [1.29, 1.82) is 0 Å². The highest BCUT2D eigenvalue weighted by Gasteiger charge is 2.20.